The molecule has 5 heteroatoms. The lowest BCUT2D eigenvalue weighted by molar-refractivity contribution is -0.129. The monoisotopic (exact) mass is 263 g/mol. The molecule has 0 aromatic heterocycles. The van der Waals surface area contributed by atoms with E-state index in [0.717, 1.165) is 5.56 Å². The molecule has 0 unspecified atom stereocenters. The van der Waals surface area contributed by atoms with Crippen molar-refractivity contribution in [1.82, 2.24) is 10.2 Å². The molecule has 3 N–H and O–H groups in total. The topological polar surface area (TPSA) is 75.4 Å². The summed E-state index contributed by atoms with van der Waals surface area (Å²) >= 11 is 0. The van der Waals surface area contributed by atoms with Crippen LogP contribution >= 0.6 is 0 Å². The van der Waals surface area contributed by atoms with Crippen LogP contribution in [0.3, 0.4) is 0 Å². The zero-order valence-electron chi connectivity index (χ0n) is 11.7. The van der Waals surface area contributed by atoms with Gasteiger partial charge in [-0.15, -0.1) is 0 Å². The molecule has 0 radical (unpaired) electrons. The normalized spacial score (nSPS) is 10.1. The van der Waals surface area contributed by atoms with Crippen molar-refractivity contribution >= 4 is 17.5 Å². The molecular weight excluding hydrogens is 242 g/mol. The summed E-state index contributed by atoms with van der Waals surface area (Å²) in [7, 11) is 0. The van der Waals surface area contributed by atoms with Crippen molar-refractivity contribution in [2.75, 3.05) is 25.4 Å². The Morgan fingerprint density at radius 2 is 1.89 bits per heavy atom. The third-order valence-electron chi connectivity index (χ3n) is 3.05. The molecule has 0 spiro atoms. The van der Waals surface area contributed by atoms with Crippen molar-refractivity contribution in [1.29, 1.82) is 0 Å². The highest BCUT2D eigenvalue weighted by Gasteiger charge is 2.15. The Kier molecular flexibility index (Phi) is 5.36. The molecule has 0 bridgehead atoms. The van der Waals surface area contributed by atoms with E-state index < -0.39 is 0 Å². The second-order valence-electron chi connectivity index (χ2n) is 4.29. The minimum atomic E-state index is -0.309. The first-order valence-electron chi connectivity index (χ1n) is 6.42. The highest BCUT2D eigenvalue weighted by molar-refractivity contribution is 6.01. The van der Waals surface area contributed by atoms with Crippen LogP contribution in [0.4, 0.5) is 5.69 Å². The van der Waals surface area contributed by atoms with E-state index in [2.05, 4.69) is 5.32 Å². The Morgan fingerprint density at radius 1 is 1.26 bits per heavy atom. The van der Waals surface area contributed by atoms with E-state index >= 15 is 0 Å². The average molecular weight is 263 g/mol. The van der Waals surface area contributed by atoms with Crippen LogP contribution in [0.2, 0.25) is 0 Å². The first-order valence-corrected chi connectivity index (χ1v) is 6.42. The summed E-state index contributed by atoms with van der Waals surface area (Å²) in [4.78, 5) is 25.5. The van der Waals surface area contributed by atoms with E-state index in [-0.39, 0.29) is 18.4 Å². The highest BCUT2D eigenvalue weighted by Crippen LogP contribution is 2.15. The quantitative estimate of drug-likeness (QED) is 0.783. The second kappa shape index (κ2) is 6.78. The lowest BCUT2D eigenvalue weighted by Crippen LogP contribution is -2.40. The predicted octanol–water partition coefficient (Wildman–Crippen LogP) is 1.18. The summed E-state index contributed by atoms with van der Waals surface area (Å²) in [6.45, 7) is 6.90. The largest absolute Gasteiger partial charge is 0.398 e. The van der Waals surface area contributed by atoms with Crippen molar-refractivity contribution in [2.45, 2.75) is 20.8 Å². The number of carbonyl (C=O) groups is 2. The standard InChI is InChI=1S/C14H21N3O2/c1-4-17(5-2)12(18)9-16-14(19)13-10(3)7-6-8-11(13)15/h6-8H,4-5,9,15H2,1-3H3,(H,16,19). The highest BCUT2D eigenvalue weighted by atomic mass is 16.2. The summed E-state index contributed by atoms with van der Waals surface area (Å²) in [6.07, 6.45) is 0. The molecule has 19 heavy (non-hydrogen) atoms. The molecular formula is C14H21N3O2. The minimum absolute atomic E-state index is 0.00567. The van der Waals surface area contributed by atoms with Gasteiger partial charge in [0.1, 0.15) is 0 Å². The van der Waals surface area contributed by atoms with Gasteiger partial charge in [-0.25, -0.2) is 0 Å². The van der Waals surface area contributed by atoms with Gasteiger partial charge in [-0.1, -0.05) is 12.1 Å². The van der Waals surface area contributed by atoms with Crippen LogP contribution in [0.15, 0.2) is 18.2 Å². The molecule has 0 fully saturated rings. The molecule has 0 heterocycles. The van der Waals surface area contributed by atoms with Gasteiger partial charge in [0, 0.05) is 18.8 Å². The first-order chi connectivity index (χ1) is 9.01. The fourth-order valence-electron chi connectivity index (χ4n) is 1.93. The number of nitrogens with one attached hydrogen (secondary N) is 1. The number of carbonyl (C=O) groups excluding carboxylic acids is 2. The van der Waals surface area contributed by atoms with Crippen LogP contribution in [0.5, 0.6) is 0 Å². The molecule has 104 valence electrons. The lowest BCUT2D eigenvalue weighted by Gasteiger charge is -2.19. The number of rotatable bonds is 5. The van der Waals surface area contributed by atoms with E-state index in [1.807, 2.05) is 26.8 Å². The first kappa shape index (κ1) is 15.0. The number of hydrogen-bond acceptors (Lipinski definition) is 3. The fraction of sp³-hybridized carbons (Fsp3) is 0.429. The third kappa shape index (κ3) is 3.71. The van der Waals surface area contributed by atoms with Gasteiger partial charge < -0.3 is 16.0 Å². The van der Waals surface area contributed by atoms with Crippen molar-refractivity contribution in [3.63, 3.8) is 0 Å². The second-order valence-corrected chi connectivity index (χ2v) is 4.29. The summed E-state index contributed by atoms with van der Waals surface area (Å²) in [5, 5.41) is 2.62. The maximum atomic E-state index is 12.0. The van der Waals surface area contributed by atoms with Crippen molar-refractivity contribution in [2.24, 2.45) is 0 Å². The summed E-state index contributed by atoms with van der Waals surface area (Å²) in [6, 6.07) is 5.29. The molecule has 1 aromatic carbocycles. The molecule has 0 saturated carbocycles. The maximum absolute atomic E-state index is 12.0. The van der Waals surface area contributed by atoms with Crippen LogP contribution in [-0.4, -0.2) is 36.3 Å². The molecule has 1 rings (SSSR count). The van der Waals surface area contributed by atoms with Gasteiger partial charge in [0.25, 0.3) is 5.91 Å². The van der Waals surface area contributed by atoms with E-state index in [1.54, 1.807) is 17.0 Å². The minimum Gasteiger partial charge on any atom is -0.398 e. The van der Waals surface area contributed by atoms with Crippen LogP contribution < -0.4 is 11.1 Å². The van der Waals surface area contributed by atoms with Gasteiger partial charge in [0.2, 0.25) is 5.91 Å². The number of nitrogens with zero attached hydrogens (tertiary/aromatic N) is 1. The van der Waals surface area contributed by atoms with E-state index in [4.69, 9.17) is 5.73 Å². The lowest BCUT2D eigenvalue weighted by atomic mass is 10.1. The zero-order chi connectivity index (χ0) is 14.4. The van der Waals surface area contributed by atoms with E-state index in [0.29, 0.717) is 24.3 Å². The van der Waals surface area contributed by atoms with Crippen LogP contribution in [-0.2, 0) is 4.79 Å². The zero-order valence-corrected chi connectivity index (χ0v) is 11.7. The Balaban J connectivity index is 2.69. The van der Waals surface area contributed by atoms with Crippen LogP contribution in [0, 0.1) is 6.92 Å². The molecule has 0 atom stereocenters. The van der Waals surface area contributed by atoms with Crippen molar-refractivity contribution in [3.8, 4) is 0 Å². The van der Waals surface area contributed by atoms with Gasteiger partial charge in [-0.05, 0) is 32.4 Å². The average Bonchev–Trinajstić information content (AvgIpc) is 2.37. The Labute approximate surface area is 113 Å². The Morgan fingerprint density at radius 3 is 2.42 bits per heavy atom. The number of benzene rings is 1. The van der Waals surface area contributed by atoms with Crippen LogP contribution in [0.25, 0.3) is 0 Å². The van der Waals surface area contributed by atoms with Gasteiger partial charge in [-0.2, -0.15) is 0 Å². The number of anilines is 1. The Hall–Kier alpha value is -2.04. The molecule has 0 saturated heterocycles. The summed E-state index contributed by atoms with van der Waals surface area (Å²) < 4.78 is 0. The number of nitrogen functional groups attached to an aromatic ring is 1. The molecule has 5 nitrogen and oxygen atoms in total. The number of likely N-dealkylation sites (N-methyl/N-ethyl adjacent to an activating group) is 1. The smallest absolute Gasteiger partial charge is 0.254 e. The SMILES string of the molecule is CCN(CC)C(=O)CNC(=O)c1c(C)cccc1N. The van der Waals surface area contributed by atoms with Crippen LogP contribution in [0.1, 0.15) is 29.8 Å². The molecule has 1 aromatic rings. The number of aryl methyl sites for hydroxylation is 1. The van der Waals surface area contributed by atoms with Crippen molar-refractivity contribution < 1.29 is 9.59 Å². The van der Waals surface area contributed by atoms with E-state index in [1.165, 1.54) is 0 Å². The van der Waals surface area contributed by atoms with Gasteiger partial charge >= 0.3 is 0 Å². The summed E-state index contributed by atoms with van der Waals surface area (Å²) in [5.74, 6) is -0.401. The Bertz CT molecular complexity index is 448. The number of amides is 2. The van der Waals surface area contributed by atoms with Gasteiger partial charge in [0.05, 0.1) is 12.1 Å². The van der Waals surface area contributed by atoms with E-state index in [9.17, 15) is 9.59 Å². The maximum Gasteiger partial charge on any atom is 0.254 e. The molecule has 0 aliphatic rings. The molecule has 0 aliphatic carbocycles. The van der Waals surface area contributed by atoms with Gasteiger partial charge in [0.15, 0.2) is 0 Å². The number of nitrogens with two attached hydrogens (primary N) is 1. The third-order valence-corrected chi connectivity index (χ3v) is 3.05. The van der Waals surface area contributed by atoms with Crippen molar-refractivity contribution in [3.05, 3.63) is 29.3 Å². The molecule has 2 amide bonds. The van der Waals surface area contributed by atoms with Gasteiger partial charge in [-0.3, -0.25) is 9.59 Å². The molecule has 0 aliphatic heterocycles. The summed E-state index contributed by atoms with van der Waals surface area (Å²) in [5.41, 5.74) is 7.45. The fourth-order valence-corrected chi connectivity index (χ4v) is 1.93. The predicted molar refractivity (Wildman–Crippen MR) is 75.9 cm³/mol. The number of hydrogen-bond donors (Lipinski definition) is 2.